The standard InChI is InChI=1S/C16H27N3O3S/c1-10(2)13(8-19-15(21)22-16(3,4)5)18-7-12-6-11(9-23-12)14(17)20/h6,9-10,13,18H,7-8H2,1-5H3,(H2,17,20)(H,19,21). The molecule has 4 N–H and O–H groups in total. The Kier molecular flexibility index (Phi) is 7.02. The maximum Gasteiger partial charge on any atom is 0.407 e. The molecule has 0 spiro atoms. The van der Waals surface area contributed by atoms with Crippen molar-refractivity contribution in [2.45, 2.75) is 52.8 Å². The van der Waals surface area contributed by atoms with Gasteiger partial charge >= 0.3 is 6.09 Å². The quantitative estimate of drug-likeness (QED) is 0.710. The van der Waals surface area contributed by atoms with Crippen LogP contribution >= 0.6 is 11.3 Å². The van der Waals surface area contributed by atoms with E-state index in [1.807, 2.05) is 20.8 Å². The van der Waals surface area contributed by atoms with Gasteiger partial charge in [0.2, 0.25) is 5.91 Å². The Labute approximate surface area is 141 Å². The zero-order valence-electron chi connectivity index (χ0n) is 14.4. The average Bonchev–Trinajstić information content (AvgIpc) is 2.85. The lowest BCUT2D eigenvalue weighted by molar-refractivity contribution is 0.0519. The van der Waals surface area contributed by atoms with Gasteiger partial charge in [-0.05, 0) is 32.8 Å². The number of carbonyl (C=O) groups is 2. The number of ether oxygens (including phenoxy) is 1. The number of carbonyl (C=O) groups excluding carboxylic acids is 2. The number of hydrogen-bond donors (Lipinski definition) is 3. The van der Waals surface area contributed by atoms with Crippen molar-refractivity contribution in [1.82, 2.24) is 10.6 Å². The Hall–Kier alpha value is -1.60. The Bertz CT molecular complexity index is 535. The number of primary amides is 1. The van der Waals surface area contributed by atoms with Crippen molar-refractivity contribution in [3.05, 3.63) is 21.9 Å². The van der Waals surface area contributed by atoms with Crippen LogP contribution in [0.5, 0.6) is 0 Å². The van der Waals surface area contributed by atoms with Crippen LogP contribution in [0, 0.1) is 5.92 Å². The van der Waals surface area contributed by atoms with E-state index < -0.39 is 17.6 Å². The van der Waals surface area contributed by atoms with Crippen molar-refractivity contribution in [3.63, 3.8) is 0 Å². The summed E-state index contributed by atoms with van der Waals surface area (Å²) in [6.07, 6.45) is -0.419. The van der Waals surface area contributed by atoms with Crippen LogP contribution in [0.15, 0.2) is 11.4 Å². The maximum absolute atomic E-state index is 11.7. The lowest BCUT2D eigenvalue weighted by Gasteiger charge is -2.24. The Morgan fingerprint density at radius 1 is 1.35 bits per heavy atom. The van der Waals surface area contributed by atoms with Crippen LogP contribution in [0.1, 0.15) is 49.9 Å². The molecule has 1 aromatic rings. The monoisotopic (exact) mass is 341 g/mol. The second kappa shape index (κ2) is 8.31. The highest BCUT2D eigenvalue weighted by molar-refractivity contribution is 7.10. The first-order valence-corrected chi connectivity index (χ1v) is 8.54. The van der Waals surface area contributed by atoms with Crippen LogP contribution in [-0.2, 0) is 11.3 Å². The van der Waals surface area contributed by atoms with Crippen LogP contribution in [0.25, 0.3) is 0 Å². The molecule has 0 radical (unpaired) electrons. The van der Waals surface area contributed by atoms with E-state index in [1.54, 1.807) is 11.4 Å². The van der Waals surface area contributed by atoms with E-state index in [9.17, 15) is 9.59 Å². The van der Waals surface area contributed by atoms with Gasteiger partial charge in [-0.15, -0.1) is 11.3 Å². The molecule has 130 valence electrons. The number of hydrogen-bond acceptors (Lipinski definition) is 5. The molecule has 1 unspecified atom stereocenters. The first kappa shape index (κ1) is 19.4. The third kappa shape index (κ3) is 7.47. The van der Waals surface area contributed by atoms with Gasteiger partial charge in [0, 0.05) is 29.4 Å². The molecule has 1 aromatic heterocycles. The van der Waals surface area contributed by atoms with Gasteiger partial charge in [0.1, 0.15) is 5.60 Å². The van der Waals surface area contributed by atoms with Crippen molar-refractivity contribution >= 4 is 23.3 Å². The predicted octanol–water partition coefficient (Wildman–Crippen LogP) is 2.49. The van der Waals surface area contributed by atoms with Crippen molar-refractivity contribution in [3.8, 4) is 0 Å². The summed E-state index contributed by atoms with van der Waals surface area (Å²) in [6, 6.07) is 1.89. The molecule has 0 fully saturated rings. The number of thiophene rings is 1. The van der Waals surface area contributed by atoms with Gasteiger partial charge in [-0.3, -0.25) is 4.79 Å². The number of rotatable bonds is 7. The molecule has 1 atom stereocenters. The molecule has 6 nitrogen and oxygen atoms in total. The average molecular weight is 341 g/mol. The van der Waals surface area contributed by atoms with E-state index in [1.165, 1.54) is 11.3 Å². The van der Waals surface area contributed by atoms with Crippen molar-refractivity contribution in [1.29, 1.82) is 0 Å². The van der Waals surface area contributed by atoms with Gasteiger partial charge in [-0.2, -0.15) is 0 Å². The third-order valence-corrected chi connectivity index (χ3v) is 4.08. The molecule has 7 heteroatoms. The fourth-order valence-corrected chi connectivity index (χ4v) is 2.71. The van der Waals surface area contributed by atoms with Crippen molar-refractivity contribution < 1.29 is 14.3 Å². The lowest BCUT2D eigenvalue weighted by atomic mass is 10.0. The molecule has 0 aliphatic rings. The first-order valence-electron chi connectivity index (χ1n) is 7.66. The summed E-state index contributed by atoms with van der Waals surface area (Å²) in [4.78, 5) is 23.9. The molecular formula is C16H27N3O3S. The topological polar surface area (TPSA) is 93.4 Å². The smallest absolute Gasteiger partial charge is 0.407 e. The Morgan fingerprint density at radius 3 is 2.48 bits per heavy atom. The lowest BCUT2D eigenvalue weighted by Crippen LogP contribution is -2.45. The molecule has 23 heavy (non-hydrogen) atoms. The van der Waals surface area contributed by atoms with Crippen LogP contribution < -0.4 is 16.4 Å². The second-order valence-electron chi connectivity index (χ2n) is 6.78. The second-order valence-corrected chi connectivity index (χ2v) is 7.78. The van der Waals surface area contributed by atoms with E-state index >= 15 is 0 Å². The molecule has 0 aromatic carbocycles. The van der Waals surface area contributed by atoms with Crippen LogP contribution in [0.2, 0.25) is 0 Å². The molecule has 1 heterocycles. The number of nitrogens with one attached hydrogen (secondary N) is 2. The normalized spacial score (nSPS) is 13.0. The zero-order valence-corrected chi connectivity index (χ0v) is 15.3. The third-order valence-electron chi connectivity index (χ3n) is 3.15. The summed E-state index contributed by atoms with van der Waals surface area (Å²) >= 11 is 1.49. The SMILES string of the molecule is CC(C)C(CNC(=O)OC(C)(C)C)NCc1cc(C(N)=O)cs1. The molecule has 0 aliphatic carbocycles. The molecular weight excluding hydrogens is 314 g/mol. The Morgan fingerprint density at radius 2 is 2.00 bits per heavy atom. The van der Waals surface area contributed by atoms with Crippen LogP contribution in [0.4, 0.5) is 4.79 Å². The summed E-state index contributed by atoms with van der Waals surface area (Å²) < 4.78 is 5.23. The molecule has 0 aliphatic heterocycles. The molecule has 2 amide bonds. The largest absolute Gasteiger partial charge is 0.444 e. The zero-order chi connectivity index (χ0) is 17.6. The highest BCUT2D eigenvalue weighted by atomic mass is 32.1. The van der Waals surface area contributed by atoms with Gasteiger partial charge in [0.15, 0.2) is 0 Å². The van der Waals surface area contributed by atoms with Gasteiger partial charge in [0.05, 0.1) is 5.56 Å². The van der Waals surface area contributed by atoms with E-state index in [0.717, 1.165) is 4.88 Å². The van der Waals surface area contributed by atoms with E-state index in [4.69, 9.17) is 10.5 Å². The Balaban J connectivity index is 2.48. The minimum atomic E-state index is -0.507. The van der Waals surface area contributed by atoms with Gasteiger partial charge < -0.3 is 21.1 Å². The number of amides is 2. The summed E-state index contributed by atoms with van der Waals surface area (Å²) in [5.41, 5.74) is 5.27. The van der Waals surface area contributed by atoms with E-state index in [0.29, 0.717) is 24.6 Å². The molecule has 0 bridgehead atoms. The maximum atomic E-state index is 11.7. The molecule has 0 saturated carbocycles. The summed E-state index contributed by atoms with van der Waals surface area (Å²) in [5, 5.41) is 7.93. The highest BCUT2D eigenvalue weighted by Gasteiger charge is 2.19. The fraction of sp³-hybridized carbons (Fsp3) is 0.625. The molecule has 1 rings (SSSR count). The minimum Gasteiger partial charge on any atom is -0.444 e. The van der Waals surface area contributed by atoms with Crippen LogP contribution in [0.3, 0.4) is 0 Å². The summed E-state index contributed by atoms with van der Waals surface area (Å²) in [6.45, 7) is 10.8. The van der Waals surface area contributed by atoms with E-state index in [2.05, 4.69) is 24.5 Å². The summed E-state index contributed by atoms with van der Waals surface area (Å²) in [7, 11) is 0. The van der Waals surface area contributed by atoms with Crippen molar-refractivity contribution in [2.75, 3.05) is 6.54 Å². The fourth-order valence-electron chi connectivity index (χ4n) is 1.89. The van der Waals surface area contributed by atoms with Gasteiger partial charge in [0.25, 0.3) is 0 Å². The highest BCUT2D eigenvalue weighted by Crippen LogP contribution is 2.15. The number of alkyl carbamates (subject to hydrolysis) is 1. The van der Waals surface area contributed by atoms with Crippen LogP contribution in [-0.4, -0.2) is 30.2 Å². The van der Waals surface area contributed by atoms with E-state index in [-0.39, 0.29) is 6.04 Å². The number of nitrogens with two attached hydrogens (primary N) is 1. The predicted molar refractivity (Wildman–Crippen MR) is 92.5 cm³/mol. The van der Waals surface area contributed by atoms with Crippen molar-refractivity contribution in [2.24, 2.45) is 11.7 Å². The summed E-state index contributed by atoms with van der Waals surface area (Å²) in [5.74, 6) is -0.0833. The van der Waals surface area contributed by atoms with Gasteiger partial charge in [-0.25, -0.2) is 4.79 Å². The minimum absolute atomic E-state index is 0.0987. The first-order chi connectivity index (χ1) is 10.6. The molecule has 0 saturated heterocycles. The van der Waals surface area contributed by atoms with Gasteiger partial charge in [-0.1, -0.05) is 13.8 Å².